The number of morpholine rings is 1. The van der Waals surface area contributed by atoms with Crippen LogP contribution in [0, 0.1) is 12.7 Å². The molecule has 0 spiro atoms. The first-order valence-corrected chi connectivity index (χ1v) is 14.2. The Bertz CT molecular complexity index is 1700. The summed E-state index contributed by atoms with van der Waals surface area (Å²) in [7, 11) is -2.13. The standard InChI is InChI=1S/C24H26F4N8O3S/c1-13-11-39-8-7-34(13)19-10-17(20-14(2)35(12-40(4,37)38)33-21(20)24(26,27)28)31-23(32-19)36-18-6-5-15(25)9-16(18)30-22(36)29-3/h5-6,9-10,13H,7-8,11-12H2,1-4H3,(H,29,30)/t13-/m1/s1. The van der Waals surface area contributed by atoms with E-state index in [9.17, 15) is 26.0 Å². The lowest BCUT2D eigenvalue weighted by Gasteiger charge is -2.34. The maximum Gasteiger partial charge on any atom is 0.435 e. The van der Waals surface area contributed by atoms with Gasteiger partial charge in [-0.25, -0.2) is 27.3 Å². The van der Waals surface area contributed by atoms with E-state index in [1.807, 2.05) is 11.8 Å². The van der Waals surface area contributed by atoms with E-state index in [0.717, 1.165) is 10.9 Å². The number of halogens is 4. The summed E-state index contributed by atoms with van der Waals surface area (Å²) in [4.78, 5) is 15.5. The number of nitrogens with zero attached hydrogens (tertiary/aromatic N) is 7. The molecule has 0 amide bonds. The van der Waals surface area contributed by atoms with Gasteiger partial charge in [0.05, 0.1) is 41.5 Å². The molecule has 0 radical (unpaired) electrons. The van der Waals surface area contributed by atoms with Crippen LogP contribution in [0.5, 0.6) is 0 Å². The maximum atomic E-state index is 14.3. The number of imidazole rings is 1. The van der Waals surface area contributed by atoms with Gasteiger partial charge in [0.1, 0.15) is 17.5 Å². The molecule has 1 aliphatic heterocycles. The zero-order chi connectivity index (χ0) is 29.0. The zero-order valence-corrected chi connectivity index (χ0v) is 22.8. The number of anilines is 2. The molecular formula is C24H26F4N8O3S. The number of alkyl halides is 3. The van der Waals surface area contributed by atoms with Crippen molar-refractivity contribution in [3.8, 4) is 17.2 Å². The lowest BCUT2D eigenvalue weighted by molar-refractivity contribution is -0.141. The second-order valence-electron chi connectivity index (χ2n) is 9.54. The van der Waals surface area contributed by atoms with Crippen LogP contribution in [0.1, 0.15) is 18.3 Å². The fourth-order valence-electron chi connectivity index (χ4n) is 4.69. The Morgan fingerprint density at radius 2 is 1.93 bits per heavy atom. The normalized spacial score (nSPS) is 16.6. The molecule has 0 unspecified atom stereocenters. The highest BCUT2D eigenvalue weighted by atomic mass is 32.2. The van der Waals surface area contributed by atoms with E-state index < -0.39 is 33.4 Å². The van der Waals surface area contributed by atoms with Crippen LogP contribution >= 0.6 is 0 Å². The summed E-state index contributed by atoms with van der Waals surface area (Å²) in [5, 5.41) is 6.53. The lowest BCUT2D eigenvalue weighted by Crippen LogP contribution is -2.44. The van der Waals surface area contributed by atoms with E-state index >= 15 is 0 Å². The molecule has 4 aromatic rings. The minimum atomic E-state index is -4.91. The highest BCUT2D eigenvalue weighted by Gasteiger charge is 2.40. The summed E-state index contributed by atoms with van der Waals surface area (Å²) in [6.07, 6.45) is -4.00. The Labute approximate surface area is 226 Å². The molecule has 3 aromatic heterocycles. The minimum Gasteiger partial charge on any atom is -0.377 e. The number of rotatable bonds is 6. The second kappa shape index (κ2) is 9.99. The van der Waals surface area contributed by atoms with Crippen molar-refractivity contribution in [2.45, 2.75) is 31.9 Å². The summed E-state index contributed by atoms with van der Waals surface area (Å²) >= 11 is 0. The van der Waals surface area contributed by atoms with Crippen LogP contribution in [0.4, 0.5) is 29.3 Å². The quantitative estimate of drug-likeness (QED) is 0.341. The van der Waals surface area contributed by atoms with Gasteiger partial charge in [-0.1, -0.05) is 0 Å². The van der Waals surface area contributed by atoms with Gasteiger partial charge in [0.15, 0.2) is 15.5 Å². The molecular weight excluding hydrogens is 556 g/mol. The van der Waals surface area contributed by atoms with Crippen molar-refractivity contribution >= 4 is 32.6 Å². The molecule has 1 aliphatic rings. The predicted molar refractivity (Wildman–Crippen MR) is 140 cm³/mol. The maximum absolute atomic E-state index is 14.3. The molecule has 0 aliphatic carbocycles. The van der Waals surface area contributed by atoms with E-state index in [1.54, 1.807) is 7.05 Å². The Morgan fingerprint density at radius 1 is 1.18 bits per heavy atom. The third-order valence-electron chi connectivity index (χ3n) is 6.49. The van der Waals surface area contributed by atoms with E-state index in [2.05, 4.69) is 25.4 Å². The molecule has 16 heteroatoms. The van der Waals surface area contributed by atoms with Crippen LogP contribution in [0.2, 0.25) is 0 Å². The Balaban J connectivity index is 1.81. The lowest BCUT2D eigenvalue weighted by atomic mass is 10.1. The SMILES string of the molecule is CNc1nc2cc(F)ccc2n1-c1nc(-c2c(C(F)(F)F)nn(CS(C)(=O)=O)c2C)cc(N2CCOC[C@H]2C)n1. The van der Waals surface area contributed by atoms with E-state index in [-0.39, 0.29) is 40.4 Å². The molecule has 1 saturated heterocycles. The fourth-order valence-corrected chi connectivity index (χ4v) is 5.38. The summed E-state index contributed by atoms with van der Waals surface area (Å²) in [6, 6.07) is 5.20. The number of aromatic nitrogens is 6. The third kappa shape index (κ3) is 5.20. The number of hydrogen-bond acceptors (Lipinski definition) is 9. The number of fused-ring (bicyclic) bond motifs is 1. The molecule has 5 rings (SSSR count). The topological polar surface area (TPSA) is 120 Å². The van der Waals surface area contributed by atoms with Crippen LogP contribution in [-0.4, -0.2) is 76.8 Å². The summed E-state index contributed by atoms with van der Waals surface area (Å²) in [5.74, 6) is -0.715. The highest BCUT2D eigenvalue weighted by molar-refractivity contribution is 7.89. The summed E-state index contributed by atoms with van der Waals surface area (Å²) in [6.45, 7) is 4.43. The van der Waals surface area contributed by atoms with Crippen molar-refractivity contribution in [1.82, 2.24) is 29.3 Å². The van der Waals surface area contributed by atoms with Crippen LogP contribution in [-0.2, 0) is 26.6 Å². The summed E-state index contributed by atoms with van der Waals surface area (Å²) in [5.41, 5.74) is -1.09. The van der Waals surface area contributed by atoms with Crippen molar-refractivity contribution in [2.24, 2.45) is 0 Å². The van der Waals surface area contributed by atoms with E-state index in [4.69, 9.17) is 4.74 Å². The van der Waals surface area contributed by atoms with Gasteiger partial charge in [0.25, 0.3) is 0 Å². The third-order valence-corrected chi connectivity index (χ3v) is 7.20. The number of sulfone groups is 1. The molecule has 1 aromatic carbocycles. The average Bonchev–Trinajstić information content (AvgIpc) is 3.40. The van der Waals surface area contributed by atoms with Crippen molar-refractivity contribution in [1.29, 1.82) is 0 Å². The molecule has 40 heavy (non-hydrogen) atoms. The van der Waals surface area contributed by atoms with Crippen LogP contribution in [0.15, 0.2) is 24.3 Å². The van der Waals surface area contributed by atoms with Crippen LogP contribution in [0.25, 0.3) is 28.2 Å². The number of ether oxygens (including phenoxy) is 1. The van der Waals surface area contributed by atoms with Gasteiger partial charge in [-0.2, -0.15) is 23.3 Å². The highest BCUT2D eigenvalue weighted by Crippen LogP contribution is 2.39. The molecule has 214 valence electrons. The molecule has 0 bridgehead atoms. The number of nitrogens with one attached hydrogen (secondary N) is 1. The predicted octanol–water partition coefficient (Wildman–Crippen LogP) is 3.41. The second-order valence-corrected chi connectivity index (χ2v) is 11.7. The van der Waals surface area contributed by atoms with Crippen LogP contribution in [0.3, 0.4) is 0 Å². The fraction of sp³-hybridized carbons (Fsp3) is 0.417. The van der Waals surface area contributed by atoms with Crippen molar-refractivity contribution in [3.63, 3.8) is 0 Å². The van der Waals surface area contributed by atoms with Gasteiger partial charge < -0.3 is 15.0 Å². The first-order valence-electron chi connectivity index (χ1n) is 12.2. The van der Waals surface area contributed by atoms with Crippen LogP contribution < -0.4 is 10.2 Å². The first-order chi connectivity index (χ1) is 18.8. The number of benzene rings is 1. The van der Waals surface area contributed by atoms with Gasteiger partial charge in [-0.05, 0) is 26.0 Å². The van der Waals surface area contributed by atoms with Gasteiger partial charge in [0.2, 0.25) is 11.9 Å². The Hall–Kier alpha value is -3.79. The zero-order valence-electron chi connectivity index (χ0n) is 22.0. The van der Waals surface area contributed by atoms with Gasteiger partial charge in [-0.3, -0.25) is 4.68 Å². The smallest absolute Gasteiger partial charge is 0.377 e. The first kappa shape index (κ1) is 27.8. The Morgan fingerprint density at radius 3 is 2.58 bits per heavy atom. The number of hydrogen-bond donors (Lipinski definition) is 1. The minimum absolute atomic E-state index is 0.0203. The van der Waals surface area contributed by atoms with E-state index in [0.29, 0.717) is 31.1 Å². The molecule has 4 heterocycles. The molecule has 1 atom stereocenters. The Kier molecular flexibility index (Phi) is 6.94. The van der Waals surface area contributed by atoms with Gasteiger partial charge >= 0.3 is 6.18 Å². The monoisotopic (exact) mass is 582 g/mol. The van der Waals surface area contributed by atoms with Gasteiger partial charge in [0, 0.05) is 37.7 Å². The van der Waals surface area contributed by atoms with Crippen molar-refractivity contribution < 1.29 is 30.7 Å². The largest absolute Gasteiger partial charge is 0.435 e. The average molecular weight is 583 g/mol. The molecule has 1 fully saturated rings. The van der Waals surface area contributed by atoms with Crippen molar-refractivity contribution in [2.75, 3.05) is 43.3 Å². The molecule has 1 N–H and O–H groups in total. The van der Waals surface area contributed by atoms with Gasteiger partial charge in [-0.15, -0.1) is 0 Å². The molecule has 0 saturated carbocycles. The summed E-state index contributed by atoms with van der Waals surface area (Å²) < 4.78 is 88.5. The van der Waals surface area contributed by atoms with E-state index in [1.165, 1.54) is 35.8 Å². The van der Waals surface area contributed by atoms with Crippen molar-refractivity contribution in [3.05, 3.63) is 41.5 Å². The molecule has 11 nitrogen and oxygen atoms in total.